The first-order chi connectivity index (χ1) is 6.24. The van der Waals surface area contributed by atoms with Gasteiger partial charge in [-0.1, -0.05) is 6.58 Å². The molecule has 0 aliphatic heterocycles. The van der Waals surface area contributed by atoms with E-state index in [9.17, 15) is 0 Å². The number of H-pyrrole nitrogens is 1. The molecular weight excluding hydrogens is 172 g/mol. The van der Waals surface area contributed by atoms with Crippen LogP contribution in [0.5, 0.6) is 0 Å². The lowest BCUT2D eigenvalue weighted by atomic mass is 10.4. The van der Waals surface area contributed by atoms with Gasteiger partial charge in [0.2, 0.25) is 0 Å². The van der Waals surface area contributed by atoms with E-state index in [2.05, 4.69) is 16.5 Å². The number of aliphatic hydroxyl groups excluding tert-OH is 3. The Hall–Kier alpha value is -1.17. The number of aromatic amines is 1. The minimum Gasteiger partial charge on any atom is -0.394 e. The molecule has 1 heterocycles. The van der Waals surface area contributed by atoms with Crippen molar-refractivity contribution in [1.29, 1.82) is 0 Å². The third-order valence-electron chi connectivity index (χ3n) is 1.13. The lowest BCUT2D eigenvalue weighted by Crippen LogP contribution is -2.15. The summed E-state index contributed by atoms with van der Waals surface area (Å²) in [5.41, 5.74) is 0. The molecule has 5 heteroatoms. The van der Waals surface area contributed by atoms with Crippen LogP contribution < -0.4 is 0 Å². The maximum atomic E-state index is 8.17. The second kappa shape index (κ2) is 7.48. The topological polar surface area (TPSA) is 89.4 Å². The van der Waals surface area contributed by atoms with E-state index in [1.807, 2.05) is 0 Å². The monoisotopic (exact) mass is 186 g/mol. The van der Waals surface area contributed by atoms with Gasteiger partial charge in [-0.3, -0.25) is 0 Å². The second-order valence-corrected chi connectivity index (χ2v) is 2.20. The Bertz CT molecular complexity index is 207. The number of hydrogen-bond donors (Lipinski definition) is 4. The van der Waals surface area contributed by atoms with Crippen LogP contribution in [-0.4, -0.2) is 44.6 Å². The highest BCUT2D eigenvalue weighted by Crippen LogP contribution is 1.86. The van der Waals surface area contributed by atoms with Crippen LogP contribution >= 0.6 is 0 Å². The van der Waals surface area contributed by atoms with Crippen LogP contribution in [0, 0.1) is 0 Å². The summed E-state index contributed by atoms with van der Waals surface area (Å²) in [5.74, 6) is 0.819. The average Bonchev–Trinajstić information content (AvgIpc) is 2.70. The minimum atomic E-state index is -0.954. The van der Waals surface area contributed by atoms with Gasteiger partial charge in [-0.05, 0) is 6.08 Å². The van der Waals surface area contributed by atoms with Gasteiger partial charge in [0.05, 0.1) is 13.2 Å². The van der Waals surface area contributed by atoms with Crippen LogP contribution in [0.1, 0.15) is 5.82 Å². The van der Waals surface area contributed by atoms with E-state index < -0.39 is 6.10 Å². The Morgan fingerprint density at radius 1 is 1.54 bits per heavy atom. The average molecular weight is 186 g/mol. The molecule has 0 saturated heterocycles. The van der Waals surface area contributed by atoms with Crippen LogP contribution in [0.2, 0.25) is 0 Å². The quantitative estimate of drug-likeness (QED) is 0.506. The van der Waals surface area contributed by atoms with E-state index in [0.29, 0.717) is 0 Å². The van der Waals surface area contributed by atoms with Gasteiger partial charge in [-0.25, -0.2) is 4.98 Å². The predicted octanol–water partition coefficient (Wildman–Crippen LogP) is -0.615. The van der Waals surface area contributed by atoms with Gasteiger partial charge in [0.25, 0.3) is 0 Å². The Kier molecular flexibility index (Phi) is 6.80. The molecule has 0 bridgehead atoms. The molecule has 13 heavy (non-hydrogen) atoms. The van der Waals surface area contributed by atoms with E-state index in [-0.39, 0.29) is 13.2 Å². The highest BCUT2D eigenvalue weighted by molar-refractivity contribution is 5.34. The lowest BCUT2D eigenvalue weighted by Gasteiger charge is -1.96. The van der Waals surface area contributed by atoms with Crippen LogP contribution in [-0.2, 0) is 0 Å². The van der Waals surface area contributed by atoms with Crippen molar-refractivity contribution in [3.8, 4) is 0 Å². The molecule has 4 N–H and O–H groups in total. The molecule has 5 nitrogen and oxygen atoms in total. The summed E-state index contributed by atoms with van der Waals surface area (Å²) in [6.07, 6.45) is 4.17. The van der Waals surface area contributed by atoms with Crippen LogP contribution in [0.25, 0.3) is 6.08 Å². The number of hydrogen-bond acceptors (Lipinski definition) is 4. The molecule has 0 radical (unpaired) electrons. The van der Waals surface area contributed by atoms with Gasteiger partial charge in [0.1, 0.15) is 11.9 Å². The number of imidazole rings is 1. The number of rotatable bonds is 3. The summed E-state index contributed by atoms with van der Waals surface area (Å²) in [6.45, 7) is 2.78. The first kappa shape index (κ1) is 11.8. The van der Waals surface area contributed by atoms with E-state index in [1.165, 1.54) is 0 Å². The highest BCUT2D eigenvalue weighted by atomic mass is 16.3. The third-order valence-corrected chi connectivity index (χ3v) is 1.13. The van der Waals surface area contributed by atoms with E-state index >= 15 is 0 Å². The zero-order valence-electron chi connectivity index (χ0n) is 7.22. The van der Waals surface area contributed by atoms with Gasteiger partial charge in [-0.2, -0.15) is 0 Å². The van der Waals surface area contributed by atoms with Crippen molar-refractivity contribution in [3.63, 3.8) is 0 Å². The van der Waals surface area contributed by atoms with Gasteiger partial charge >= 0.3 is 0 Å². The van der Waals surface area contributed by atoms with Crippen LogP contribution in [0.3, 0.4) is 0 Å². The maximum Gasteiger partial charge on any atom is 0.129 e. The SMILES string of the molecule is C=Cc1ncc[nH]1.OCC(O)CO. The van der Waals surface area contributed by atoms with Gasteiger partial charge in [-0.15, -0.1) is 0 Å². The smallest absolute Gasteiger partial charge is 0.129 e. The molecule has 0 spiro atoms. The van der Waals surface area contributed by atoms with Crippen LogP contribution in [0.15, 0.2) is 19.0 Å². The number of nitrogens with one attached hydrogen (secondary N) is 1. The largest absolute Gasteiger partial charge is 0.394 e. The predicted molar refractivity (Wildman–Crippen MR) is 48.9 cm³/mol. The minimum absolute atomic E-state index is 0.365. The molecule has 0 saturated carbocycles. The molecule has 1 aromatic rings. The molecule has 1 aromatic heterocycles. The summed E-state index contributed by atoms with van der Waals surface area (Å²) in [7, 11) is 0. The molecular formula is C8H14N2O3. The summed E-state index contributed by atoms with van der Waals surface area (Å²) < 4.78 is 0. The summed E-state index contributed by atoms with van der Waals surface area (Å²) in [6, 6.07) is 0. The molecule has 0 atom stereocenters. The lowest BCUT2D eigenvalue weighted by molar-refractivity contribution is 0.0450. The molecule has 74 valence electrons. The maximum absolute atomic E-state index is 8.17. The molecule has 0 aliphatic carbocycles. The van der Waals surface area contributed by atoms with Crippen molar-refractivity contribution >= 4 is 6.08 Å². The van der Waals surface area contributed by atoms with E-state index in [4.69, 9.17) is 15.3 Å². The van der Waals surface area contributed by atoms with Gasteiger partial charge < -0.3 is 20.3 Å². The van der Waals surface area contributed by atoms with Crippen molar-refractivity contribution < 1.29 is 15.3 Å². The first-order valence-corrected chi connectivity index (χ1v) is 3.76. The van der Waals surface area contributed by atoms with Crippen LogP contribution in [0.4, 0.5) is 0 Å². The standard InChI is InChI=1S/C5H6N2.C3H8O3/c1-2-5-6-3-4-7-5;4-1-3(6)2-5/h2-4H,1H2,(H,6,7);3-6H,1-2H2. The molecule has 0 unspecified atom stereocenters. The number of aliphatic hydroxyl groups is 3. The number of aromatic nitrogens is 2. The summed E-state index contributed by atoms with van der Waals surface area (Å²) in [4.78, 5) is 6.72. The van der Waals surface area contributed by atoms with E-state index in [1.54, 1.807) is 18.5 Å². The van der Waals surface area contributed by atoms with Crippen molar-refractivity contribution in [2.45, 2.75) is 6.10 Å². The van der Waals surface area contributed by atoms with Gasteiger partial charge in [0, 0.05) is 12.4 Å². The van der Waals surface area contributed by atoms with Gasteiger partial charge in [0.15, 0.2) is 0 Å². The van der Waals surface area contributed by atoms with E-state index in [0.717, 1.165) is 5.82 Å². The fourth-order valence-corrected chi connectivity index (χ4v) is 0.447. The second-order valence-electron chi connectivity index (χ2n) is 2.20. The Balaban J connectivity index is 0.000000226. The molecule has 1 rings (SSSR count). The fourth-order valence-electron chi connectivity index (χ4n) is 0.447. The Labute approximate surface area is 76.4 Å². The molecule has 0 aromatic carbocycles. The fraction of sp³-hybridized carbons (Fsp3) is 0.375. The Morgan fingerprint density at radius 3 is 2.31 bits per heavy atom. The zero-order chi connectivity index (χ0) is 10.1. The van der Waals surface area contributed by atoms with Crippen molar-refractivity contribution in [1.82, 2.24) is 9.97 Å². The zero-order valence-corrected chi connectivity index (χ0v) is 7.22. The highest BCUT2D eigenvalue weighted by Gasteiger charge is 1.93. The third kappa shape index (κ3) is 6.03. The summed E-state index contributed by atoms with van der Waals surface area (Å²) in [5, 5.41) is 24.0. The van der Waals surface area contributed by atoms with Crippen molar-refractivity contribution in [2.75, 3.05) is 13.2 Å². The molecule has 0 amide bonds. The normalized spacial score (nSPS) is 9.23. The summed E-state index contributed by atoms with van der Waals surface area (Å²) >= 11 is 0. The Morgan fingerprint density at radius 2 is 2.15 bits per heavy atom. The van der Waals surface area contributed by atoms with Crippen molar-refractivity contribution in [3.05, 3.63) is 24.8 Å². The first-order valence-electron chi connectivity index (χ1n) is 3.76. The molecule has 0 aliphatic rings. The number of nitrogens with zero attached hydrogens (tertiary/aromatic N) is 1. The van der Waals surface area contributed by atoms with Crippen molar-refractivity contribution in [2.24, 2.45) is 0 Å². The molecule has 0 fully saturated rings.